The maximum atomic E-state index is 14.2. The molecule has 5 nitrogen and oxygen atoms in total. The second kappa shape index (κ2) is 7.68. The van der Waals surface area contributed by atoms with Crippen molar-refractivity contribution < 1.29 is 9.13 Å². The van der Waals surface area contributed by atoms with Crippen LogP contribution in [-0.4, -0.2) is 28.3 Å². The molecule has 0 unspecified atom stereocenters. The number of hydrogen-bond acceptors (Lipinski definition) is 4. The van der Waals surface area contributed by atoms with Crippen LogP contribution in [0.15, 0.2) is 60.8 Å². The fourth-order valence-electron chi connectivity index (χ4n) is 3.32. The summed E-state index contributed by atoms with van der Waals surface area (Å²) >= 11 is 0. The van der Waals surface area contributed by atoms with E-state index in [1.54, 1.807) is 16.8 Å². The molecule has 0 spiro atoms. The summed E-state index contributed by atoms with van der Waals surface area (Å²) in [6.07, 6.45) is 2.64. The fourth-order valence-corrected chi connectivity index (χ4v) is 3.32. The lowest BCUT2D eigenvalue weighted by molar-refractivity contribution is 0.386. The summed E-state index contributed by atoms with van der Waals surface area (Å²) in [7, 11) is 1.45. The van der Waals surface area contributed by atoms with Crippen LogP contribution in [0.2, 0.25) is 0 Å². The minimum absolute atomic E-state index is 0.217. The van der Waals surface area contributed by atoms with Gasteiger partial charge in [-0.05, 0) is 42.7 Å². The third-order valence-corrected chi connectivity index (χ3v) is 4.70. The summed E-state index contributed by atoms with van der Waals surface area (Å²) in [5, 5.41) is 8.05. The molecular formula is C22H21FN4O. The van der Waals surface area contributed by atoms with Crippen LogP contribution in [0.5, 0.6) is 5.75 Å². The molecule has 1 N–H and O–H groups in total. The Morgan fingerprint density at radius 1 is 1.11 bits per heavy atom. The lowest BCUT2D eigenvalue weighted by atomic mass is 10.1. The van der Waals surface area contributed by atoms with Crippen LogP contribution in [0, 0.1) is 12.7 Å². The van der Waals surface area contributed by atoms with Gasteiger partial charge in [0, 0.05) is 18.3 Å². The van der Waals surface area contributed by atoms with Gasteiger partial charge in [0.2, 0.25) is 0 Å². The van der Waals surface area contributed by atoms with E-state index < -0.39 is 5.82 Å². The molecule has 4 aromatic rings. The first-order chi connectivity index (χ1) is 13.7. The van der Waals surface area contributed by atoms with Crippen molar-refractivity contribution in [1.29, 1.82) is 0 Å². The van der Waals surface area contributed by atoms with Gasteiger partial charge in [-0.3, -0.25) is 0 Å². The van der Waals surface area contributed by atoms with Crippen LogP contribution in [0.3, 0.4) is 0 Å². The quantitative estimate of drug-likeness (QED) is 0.538. The smallest absolute Gasteiger partial charge is 0.165 e. The van der Waals surface area contributed by atoms with Crippen LogP contribution in [0.25, 0.3) is 16.8 Å². The summed E-state index contributed by atoms with van der Waals surface area (Å²) in [6, 6.07) is 17.1. The van der Waals surface area contributed by atoms with E-state index in [9.17, 15) is 4.39 Å². The van der Waals surface area contributed by atoms with Gasteiger partial charge in [-0.15, -0.1) is 0 Å². The molecule has 0 saturated carbocycles. The van der Waals surface area contributed by atoms with Gasteiger partial charge in [-0.25, -0.2) is 9.37 Å². The van der Waals surface area contributed by atoms with Crippen LogP contribution in [0.4, 0.5) is 10.2 Å². The lowest BCUT2D eigenvalue weighted by Gasteiger charge is -2.09. The highest BCUT2D eigenvalue weighted by molar-refractivity contribution is 5.81. The zero-order chi connectivity index (χ0) is 19.5. The van der Waals surface area contributed by atoms with Crippen molar-refractivity contribution >= 4 is 11.5 Å². The highest BCUT2D eigenvalue weighted by Gasteiger charge is 2.16. The number of rotatable bonds is 6. The predicted molar refractivity (Wildman–Crippen MR) is 108 cm³/mol. The third-order valence-electron chi connectivity index (χ3n) is 4.70. The Morgan fingerprint density at radius 2 is 1.93 bits per heavy atom. The molecule has 2 heterocycles. The summed E-state index contributed by atoms with van der Waals surface area (Å²) in [5.41, 5.74) is 4.28. The zero-order valence-electron chi connectivity index (χ0n) is 15.8. The molecule has 0 saturated heterocycles. The number of fused-ring (bicyclic) bond motifs is 1. The number of hydrogen-bond donors (Lipinski definition) is 1. The third kappa shape index (κ3) is 3.41. The highest BCUT2D eigenvalue weighted by Crippen LogP contribution is 2.31. The van der Waals surface area contributed by atoms with Crippen LogP contribution in [0.1, 0.15) is 11.3 Å². The van der Waals surface area contributed by atoms with Gasteiger partial charge in [-0.1, -0.05) is 36.4 Å². The summed E-state index contributed by atoms with van der Waals surface area (Å²) in [5.74, 6) is 0.661. The van der Waals surface area contributed by atoms with Gasteiger partial charge in [-0.2, -0.15) is 9.61 Å². The van der Waals surface area contributed by atoms with E-state index in [0.717, 1.165) is 35.6 Å². The second-order valence-corrected chi connectivity index (χ2v) is 6.54. The number of benzene rings is 2. The normalized spacial score (nSPS) is 11.0. The van der Waals surface area contributed by atoms with Crippen molar-refractivity contribution in [3.8, 4) is 16.9 Å². The summed E-state index contributed by atoms with van der Waals surface area (Å²) in [6.45, 7) is 2.68. The Kier molecular flexibility index (Phi) is 4.93. The summed E-state index contributed by atoms with van der Waals surface area (Å²) < 4.78 is 21.0. The van der Waals surface area contributed by atoms with Gasteiger partial charge < -0.3 is 10.1 Å². The molecule has 0 bridgehead atoms. The first kappa shape index (κ1) is 18.0. The number of nitrogens with one attached hydrogen (secondary N) is 1. The first-order valence-corrected chi connectivity index (χ1v) is 9.13. The number of anilines is 1. The SMILES string of the molecule is COc1ccc(-c2c(C)nn3c(NCCc4ccccc4)ccnc23)cc1F. The molecule has 0 radical (unpaired) electrons. The van der Waals surface area contributed by atoms with E-state index in [2.05, 4.69) is 27.5 Å². The maximum Gasteiger partial charge on any atom is 0.165 e. The molecule has 6 heteroatoms. The van der Waals surface area contributed by atoms with Gasteiger partial charge in [0.1, 0.15) is 5.82 Å². The van der Waals surface area contributed by atoms with Crippen molar-refractivity contribution in [2.45, 2.75) is 13.3 Å². The number of aromatic nitrogens is 3. The molecular weight excluding hydrogens is 355 g/mol. The van der Waals surface area contributed by atoms with Crippen LogP contribution in [-0.2, 0) is 6.42 Å². The molecule has 4 rings (SSSR count). The highest BCUT2D eigenvalue weighted by atomic mass is 19.1. The van der Waals surface area contributed by atoms with E-state index in [0.29, 0.717) is 5.65 Å². The Hall–Kier alpha value is -3.41. The number of halogens is 1. The molecule has 28 heavy (non-hydrogen) atoms. The number of nitrogens with zero attached hydrogens (tertiary/aromatic N) is 3. The molecule has 0 aliphatic heterocycles. The van der Waals surface area contributed by atoms with Gasteiger partial charge >= 0.3 is 0 Å². The number of methoxy groups -OCH3 is 1. The Balaban J connectivity index is 1.64. The molecule has 0 fully saturated rings. The molecule has 0 amide bonds. The Bertz CT molecular complexity index is 1110. The second-order valence-electron chi connectivity index (χ2n) is 6.54. The first-order valence-electron chi connectivity index (χ1n) is 9.13. The molecule has 0 atom stereocenters. The minimum Gasteiger partial charge on any atom is -0.494 e. The average Bonchev–Trinajstić information content (AvgIpc) is 3.05. The van der Waals surface area contributed by atoms with Crippen LogP contribution >= 0.6 is 0 Å². The minimum atomic E-state index is -0.407. The van der Waals surface area contributed by atoms with E-state index in [1.807, 2.05) is 37.3 Å². The van der Waals surface area contributed by atoms with Crippen molar-refractivity contribution in [1.82, 2.24) is 14.6 Å². The number of aryl methyl sites for hydroxylation is 1. The monoisotopic (exact) mass is 376 g/mol. The lowest BCUT2D eigenvalue weighted by Crippen LogP contribution is -2.09. The predicted octanol–water partition coefficient (Wildman–Crippen LogP) is 4.51. The molecule has 142 valence electrons. The van der Waals surface area contributed by atoms with Crippen LogP contribution < -0.4 is 10.1 Å². The summed E-state index contributed by atoms with van der Waals surface area (Å²) in [4.78, 5) is 4.48. The average molecular weight is 376 g/mol. The van der Waals surface area contributed by atoms with E-state index >= 15 is 0 Å². The van der Waals surface area contributed by atoms with Gasteiger partial charge in [0.25, 0.3) is 0 Å². The zero-order valence-corrected chi connectivity index (χ0v) is 15.8. The Morgan fingerprint density at radius 3 is 2.68 bits per heavy atom. The molecule has 2 aromatic carbocycles. The standard InChI is InChI=1S/C22H21FN4O/c1-15-21(17-8-9-19(28-2)18(23)14-17)22-25-13-11-20(27(22)26-15)24-12-10-16-6-4-3-5-7-16/h3-9,11,13-14,24H,10,12H2,1-2H3. The van der Waals surface area contributed by atoms with Crippen molar-refractivity contribution in [3.63, 3.8) is 0 Å². The van der Waals surface area contributed by atoms with E-state index in [4.69, 9.17) is 4.74 Å². The molecule has 0 aliphatic rings. The Labute approximate surface area is 162 Å². The van der Waals surface area contributed by atoms with Crippen molar-refractivity contribution in [2.24, 2.45) is 0 Å². The van der Waals surface area contributed by atoms with E-state index in [-0.39, 0.29) is 5.75 Å². The number of ether oxygens (including phenoxy) is 1. The largest absolute Gasteiger partial charge is 0.494 e. The molecule has 2 aromatic heterocycles. The molecule has 0 aliphatic carbocycles. The van der Waals surface area contributed by atoms with Crippen molar-refractivity contribution in [2.75, 3.05) is 19.0 Å². The fraction of sp³-hybridized carbons (Fsp3) is 0.182. The van der Waals surface area contributed by atoms with Gasteiger partial charge in [0.15, 0.2) is 17.2 Å². The van der Waals surface area contributed by atoms with Crippen molar-refractivity contribution in [3.05, 3.63) is 77.9 Å². The van der Waals surface area contributed by atoms with E-state index in [1.165, 1.54) is 18.7 Å². The maximum absolute atomic E-state index is 14.2. The van der Waals surface area contributed by atoms with Gasteiger partial charge in [0.05, 0.1) is 12.8 Å². The topological polar surface area (TPSA) is 51.5 Å².